The first kappa shape index (κ1) is 18.0. The summed E-state index contributed by atoms with van der Waals surface area (Å²) in [6.07, 6.45) is 1.05. The number of hydrogen-bond donors (Lipinski definition) is 2. The van der Waals surface area contributed by atoms with E-state index in [1.165, 1.54) is 0 Å². The molecule has 0 heterocycles. The highest BCUT2D eigenvalue weighted by atomic mass is 16.5. The van der Waals surface area contributed by atoms with Crippen LogP contribution in [0.4, 0.5) is 0 Å². The molecule has 21 heavy (non-hydrogen) atoms. The van der Waals surface area contributed by atoms with E-state index in [1.807, 2.05) is 25.1 Å². The molecule has 0 spiro atoms. The normalized spacial score (nSPS) is 12.7. The highest BCUT2D eigenvalue weighted by Crippen LogP contribution is 2.28. The molecule has 120 valence electrons. The molecule has 0 aliphatic heterocycles. The molecule has 0 amide bonds. The highest BCUT2D eigenvalue weighted by molar-refractivity contribution is 5.38. The highest BCUT2D eigenvalue weighted by Gasteiger charge is 2.15. The Balaban J connectivity index is 2.70. The van der Waals surface area contributed by atoms with Crippen molar-refractivity contribution in [2.45, 2.75) is 39.7 Å². The van der Waals surface area contributed by atoms with E-state index in [0.29, 0.717) is 19.6 Å². The second-order valence-corrected chi connectivity index (χ2v) is 5.35. The zero-order valence-electron chi connectivity index (χ0n) is 13.5. The van der Waals surface area contributed by atoms with E-state index in [2.05, 4.69) is 18.7 Å². The molecular formula is C17H29NO3. The van der Waals surface area contributed by atoms with Gasteiger partial charge >= 0.3 is 0 Å². The lowest BCUT2D eigenvalue weighted by Crippen LogP contribution is -2.28. The summed E-state index contributed by atoms with van der Waals surface area (Å²) in [5.74, 6) is 0.778. The maximum atomic E-state index is 10.5. The maximum Gasteiger partial charge on any atom is 0.125 e. The van der Waals surface area contributed by atoms with Crippen molar-refractivity contribution in [3.63, 3.8) is 0 Å². The fraction of sp³-hybridized carbons (Fsp3) is 0.647. The quantitative estimate of drug-likeness (QED) is 0.696. The van der Waals surface area contributed by atoms with Gasteiger partial charge in [-0.3, -0.25) is 0 Å². The van der Waals surface area contributed by atoms with E-state index in [-0.39, 0.29) is 6.61 Å². The van der Waals surface area contributed by atoms with Gasteiger partial charge in [-0.15, -0.1) is 0 Å². The summed E-state index contributed by atoms with van der Waals surface area (Å²) in [6.45, 7) is 9.25. The van der Waals surface area contributed by atoms with Gasteiger partial charge in [0.15, 0.2) is 0 Å². The molecule has 1 unspecified atom stereocenters. The first-order valence-electron chi connectivity index (χ1n) is 7.87. The van der Waals surface area contributed by atoms with Crippen molar-refractivity contribution in [2.24, 2.45) is 0 Å². The Labute approximate surface area is 128 Å². The van der Waals surface area contributed by atoms with Gasteiger partial charge in [-0.25, -0.2) is 0 Å². The lowest BCUT2D eigenvalue weighted by molar-refractivity contribution is 0.130. The summed E-state index contributed by atoms with van der Waals surface area (Å²) >= 11 is 0. The Morgan fingerprint density at radius 1 is 1.24 bits per heavy atom. The maximum absolute atomic E-state index is 10.5. The van der Waals surface area contributed by atoms with Gasteiger partial charge in [0.2, 0.25) is 0 Å². The molecule has 0 aliphatic carbocycles. The Morgan fingerprint density at radius 3 is 2.62 bits per heavy atom. The molecule has 0 aliphatic rings. The first-order chi connectivity index (χ1) is 10.1. The van der Waals surface area contributed by atoms with E-state index in [1.54, 1.807) is 0 Å². The standard InChI is InChI=1S/C17H29NO3/c1-4-12-21-17-7-6-14(3)13-15(17)16(20)8-9-18(5-2)10-11-19/h6-7,13,16,19-20H,4-5,8-12H2,1-3H3. The number of aryl methyl sites for hydroxylation is 1. The monoisotopic (exact) mass is 295 g/mol. The molecule has 1 atom stereocenters. The third kappa shape index (κ3) is 6.04. The first-order valence-corrected chi connectivity index (χ1v) is 7.87. The van der Waals surface area contributed by atoms with E-state index < -0.39 is 6.10 Å². The Bertz CT molecular complexity index is 409. The fourth-order valence-corrected chi connectivity index (χ4v) is 2.30. The van der Waals surface area contributed by atoms with Crippen LogP contribution in [-0.4, -0.2) is 48.0 Å². The average molecular weight is 295 g/mol. The van der Waals surface area contributed by atoms with Gasteiger partial charge in [-0.1, -0.05) is 25.5 Å². The second-order valence-electron chi connectivity index (χ2n) is 5.35. The van der Waals surface area contributed by atoms with E-state index in [4.69, 9.17) is 9.84 Å². The molecule has 0 aromatic heterocycles. The lowest BCUT2D eigenvalue weighted by Gasteiger charge is -2.22. The molecule has 0 radical (unpaired) electrons. The third-order valence-corrected chi connectivity index (χ3v) is 3.57. The SMILES string of the molecule is CCCOc1ccc(C)cc1C(O)CCN(CC)CCO. The van der Waals surface area contributed by atoms with E-state index >= 15 is 0 Å². The zero-order chi connectivity index (χ0) is 15.7. The van der Waals surface area contributed by atoms with Crippen LogP contribution in [0.2, 0.25) is 0 Å². The summed E-state index contributed by atoms with van der Waals surface area (Å²) in [4.78, 5) is 2.13. The molecule has 1 aromatic rings. The molecule has 4 heteroatoms. The fourth-order valence-electron chi connectivity index (χ4n) is 2.30. The number of nitrogens with zero attached hydrogens (tertiary/aromatic N) is 1. The summed E-state index contributed by atoms with van der Waals surface area (Å²) < 4.78 is 5.73. The third-order valence-electron chi connectivity index (χ3n) is 3.57. The summed E-state index contributed by atoms with van der Waals surface area (Å²) in [5, 5.41) is 19.5. The van der Waals surface area contributed by atoms with Crippen molar-refractivity contribution in [1.82, 2.24) is 4.90 Å². The van der Waals surface area contributed by atoms with Crippen LogP contribution >= 0.6 is 0 Å². The molecule has 4 nitrogen and oxygen atoms in total. The smallest absolute Gasteiger partial charge is 0.125 e. The van der Waals surface area contributed by atoms with Gasteiger partial charge in [0.25, 0.3) is 0 Å². The van der Waals surface area contributed by atoms with Crippen LogP contribution in [0.5, 0.6) is 5.75 Å². The summed E-state index contributed by atoms with van der Waals surface area (Å²) in [7, 11) is 0. The van der Waals surface area contributed by atoms with Crippen molar-refractivity contribution in [2.75, 3.05) is 32.8 Å². The van der Waals surface area contributed by atoms with Crippen molar-refractivity contribution in [3.05, 3.63) is 29.3 Å². The van der Waals surface area contributed by atoms with E-state index in [9.17, 15) is 5.11 Å². The van der Waals surface area contributed by atoms with Gasteiger partial charge in [0, 0.05) is 18.7 Å². The molecule has 1 aromatic carbocycles. The Morgan fingerprint density at radius 2 is 2.00 bits per heavy atom. The summed E-state index contributed by atoms with van der Waals surface area (Å²) in [6, 6.07) is 5.94. The predicted molar refractivity (Wildman–Crippen MR) is 85.7 cm³/mol. The minimum Gasteiger partial charge on any atom is -0.493 e. The van der Waals surface area contributed by atoms with Gasteiger partial charge < -0.3 is 19.8 Å². The van der Waals surface area contributed by atoms with Crippen LogP contribution < -0.4 is 4.74 Å². The number of aliphatic hydroxyl groups is 2. The minimum atomic E-state index is -0.538. The molecule has 1 rings (SSSR count). The largest absolute Gasteiger partial charge is 0.493 e. The van der Waals surface area contributed by atoms with Crippen molar-refractivity contribution in [1.29, 1.82) is 0 Å². The van der Waals surface area contributed by atoms with Crippen LogP contribution in [0.15, 0.2) is 18.2 Å². The number of benzene rings is 1. The average Bonchev–Trinajstić information content (AvgIpc) is 2.49. The molecule has 2 N–H and O–H groups in total. The van der Waals surface area contributed by atoms with Crippen molar-refractivity contribution >= 4 is 0 Å². The predicted octanol–water partition coefficient (Wildman–Crippen LogP) is 2.52. The van der Waals surface area contributed by atoms with Crippen LogP contribution in [0.25, 0.3) is 0 Å². The number of aliphatic hydroxyl groups excluding tert-OH is 2. The topological polar surface area (TPSA) is 52.9 Å². The second kappa shape index (κ2) is 9.77. The summed E-state index contributed by atoms with van der Waals surface area (Å²) in [5.41, 5.74) is 1.99. The van der Waals surface area contributed by atoms with Crippen LogP contribution in [0.1, 0.15) is 43.9 Å². The molecule has 0 bridgehead atoms. The molecular weight excluding hydrogens is 266 g/mol. The van der Waals surface area contributed by atoms with Crippen LogP contribution in [0.3, 0.4) is 0 Å². The molecule has 0 fully saturated rings. The lowest BCUT2D eigenvalue weighted by atomic mass is 10.0. The Kier molecular flexibility index (Phi) is 8.35. The van der Waals surface area contributed by atoms with Gasteiger partial charge in [-0.2, -0.15) is 0 Å². The minimum absolute atomic E-state index is 0.152. The van der Waals surface area contributed by atoms with Crippen molar-refractivity contribution in [3.8, 4) is 5.75 Å². The molecule has 0 saturated carbocycles. The van der Waals surface area contributed by atoms with Crippen LogP contribution in [0, 0.1) is 6.92 Å². The number of likely N-dealkylation sites (N-methyl/N-ethyl adjacent to an activating group) is 1. The van der Waals surface area contributed by atoms with Gasteiger partial charge in [-0.05, 0) is 38.4 Å². The van der Waals surface area contributed by atoms with Gasteiger partial charge in [0.1, 0.15) is 5.75 Å². The van der Waals surface area contributed by atoms with Crippen molar-refractivity contribution < 1.29 is 14.9 Å². The van der Waals surface area contributed by atoms with E-state index in [0.717, 1.165) is 36.4 Å². The van der Waals surface area contributed by atoms with Gasteiger partial charge in [0.05, 0.1) is 19.3 Å². The number of hydrogen-bond acceptors (Lipinski definition) is 4. The number of rotatable bonds is 10. The number of ether oxygens (including phenoxy) is 1. The molecule has 0 saturated heterocycles. The zero-order valence-corrected chi connectivity index (χ0v) is 13.5. The Hall–Kier alpha value is -1.10. The van der Waals surface area contributed by atoms with Crippen LogP contribution in [-0.2, 0) is 0 Å².